The number of alkyl halides is 3. The molecule has 4 nitrogen and oxygen atoms in total. The summed E-state index contributed by atoms with van der Waals surface area (Å²) in [6.45, 7) is 7.28. The van der Waals surface area contributed by atoms with Crippen molar-refractivity contribution in [3.05, 3.63) is 0 Å². The van der Waals surface area contributed by atoms with Crippen LogP contribution in [0.25, 0.3) is 0 Å². The van der Waals surface area contributed by atoms with Gasteiger partial charge in [-0.15, -0.1) is 0 Å². The van der Waals surface area contributed by atoms with Crippen LogP contribution in [0.5, 0.6) is 0 Å². The van der Waals surface area contributed by atoms with Crippen molar-refractivity contribution < 1.29 is 30.0 Å². The van der Waals surface area contributed by atoms with Crippen LogP contribution >= 0.6 is 0 Å². The van der Waals surface area contributed by atoms with E-state index in [1.807, 2.05) is 6.92 Å². The number of rotatable bonds is 10. The van der Waals surface area contributed by atoms with Crippen molar-refractivity contribution in [2.45, 2.75) is 65.3 Å². The first-order valence-corrected chi connectivity index (χ1v) is 10.4. The summed E-state index contributed by atoms with van der Waals surface area (Å²) in [5, 5.41) is 0. The van der Waals surface area contributed by atoms with E-state index in [0.717, 1.165) is 19.3 Å². The predicted octanol–water partition coefficient (Wildman–Crippen LogP) is 3.97. The highest BCUT2D eigenvalue weighted by atomic mass is 32.3. The van der Waals surface area contributed by atoms with E-state index in [9.17, 15) is 26.4 Å². The Hall–Kier alpha value is -0.280. The lowest BCUT2D eigenvalue weighted by molar-refractivity contribution is -0.116. The number of hydrogen-bond donors (Lipinski definition) is 0. The topological polar surface area (TPSA) is 60.4 Å². The second kappa shape index (κ2) is 9.27. The summed E-state index contributed by atoms with van der Waals surface area (Å²) in [4.78, 5) is 11.9. The highest BCUT2D eigenvalue weighted by molar-refractivity contribution is 8.03. The maximum Gasteiger partial charge on any atom is 0.527 e. The Kier molecular flexibility index (Phi) is 9.15. The molecule has 1 unspecified atom stereocenters. The zero-order valence-electron chi connectivity index (χ0n) is 14.0. The van der Waals surface area contributed by atoms with Gasteiger partial charge < -0.3 is 0 Å². The van der Waals surface area contributed by atoms with Gasteiger partial charge in [0.2, 0.25) is 5.75 Å². The molecule has 0 N–H and O–H groups in total. The molecule has 0 aromatic carbocycles. The predicted molar refractivity (Wildman–Crippen MR) is 86.4 cm³/mol. The van der Waals surface area contributed by atoms with Gasteiger partial charge in [-0.05, 0) is 10.1 Å². The van der Waals surface area contributed by atoms with Crippen LogP contribution in [0.1, 0.15) is 59.8 Å². The number of ketones is 1. The normalized spacial score (nSPS) is 14.7. The van der Waals surface area contributed by atoms with Crippen molar-refractivity contribution >= 4 is 27.1 Å². The number of unbranched alkanes of at least 4 members (excludes halogenated alkanes) is 3. The zero-order chi connectivity index (χ0) is 18.3. The van der Waals surface area contributed by atoms with Gasteiger partial charge in [0.1, 0.15) is 5.75 Å². The van der Waals surface area contributed by atoms with E-state index in [1.165, 1.54) is 0 Å². The monoisotopic (exact) mass is 379 g/mol. The highest BCUT2D eigenvalue weighted by Gasteiger charge is 2.53. The molecule has 0 aliphatic heterocycles. The maximum absolute atomic E-state index is 12.5. The van der Waals surface area contributed by atoms with E-state index >= 15 is 0 Å². The molecule has 0 aromatic heterocycles. The lowest BCUT2D eigenvalue weighted by Gasteiger charge is -2.17. The molecular formula is C14H26F3O4S2+. The van der Waals surface area contributed by atoms with Gasteiger partial charge in [-0.1, -0.05) is 47.0 Å². The van der Waals surface area contributed by atoms with Crippen molar-refractivity contribution in [1.82, 2.24) is 0 Å². The van der Waals surface area contributed by atoms with Crippen LogP contribution in [0.15, 0.2) is 0 Å². The lowest BCUT2D eigenvalue weighted by atomic mass is 10.0. The molecule has 0 heterocycles. The second-order valence-electron chi connectivity index (χ2n) is 6.61. The molecular weight excluding hydrogens is 353 g/mol. The van der Waals surface area contributed by atoms with Gasteiger partial charge >= 0.3 is 15.6 Å². The Balaban J connectivity index is 4.80. The fourth-order valence-electron chi connectivity index (χ4n) is 1.75. The first kappa shape index (κ1) is 22.7. The third-order valence-electron chi connectivity index (χ3n) is 2.69. The summed E-state index contributed by atoms with van der Waals surface area (Å²) in [7, 11) is -5.68. The Morgan fingerprint density at radius 3 is 2.09 bits per heavy atom. The van der Waals surface area contributed by atoms with Gasteiger partial charge in [0, 0.05) is 11.8 Å². The smallest absolute Gasteiger partial charge is 0.294 e. The summed E-state index contributed by atoms with van der Waals surface area (Å²) in [6.07, 6.45) is 3.76. The molecule has 0 amide bonds. The van der Waals surface area contributed by atoms with E-state index in [1.54, 1.807) is 20.8 Å². The van der Waals surface area contributed by atoms with Crippen LogP contribution in [0.3, 0.4) is 0 Å². The van der Waals surface area contributed by atoms with Crippen molar-refractivity contribution in [3.8, 4) is 0 Å². The molecule has 9 heteroatoms. The summed E-state index contributed by atoms with van der Waals surface area (Å²) in [6, 6.07) is 0. The standard InChI is InChI=1S/C14H26F3O4S2/c1-5-6-7-8-9-12(18)10-22(11-13(2,3)4)21-23(19,20)14(15,16)17/h5-11H2,1-4H3/q+1. The largest absolute Gasteiger partial charge is 0.527 e. The molecule has 0 aromatic rings. The highest BCUT2D eigenvalue weighted by Crippen LogP contribution is 2.29. The summed E-state index contributed by atoms with van der Waals surface area (Å²) < 4.78 is 64.1. The van der Waals surface area contributed by atoms with Crippen LogP contribution in [-0.2, 0) is 29.7 Å². The van der Waals surface area contributed by atoms with E-state index in [-0.39, 0.29) is 23.7 Å². The Morgan fingerprint density at radius 2 is 1.65 bits per heavy atom. The maximum atomic E-state index is 12.5. The molecule has 0 radical (unpaired) electrons. The number of hydrogen-bond acceptors (Lipinski definition) is 4. The van der Waals surface area contributed by atoms with E-state index < -0.39 is 32.2 Å². The molecule has 0 aliphatic carbocycles. The number of Topliss-reactive ketones (excluding diaryl/α,β-unsaturated/α-hetero) is 1. The minimum absolute atomic E-state index is 0.0724. The first-order valence-electron chi connectivity index (χ1n) is 7.49. The Labute approximate surface area is 139 Å². The molecule has 0 spiro atoms. The summed E-state index contributed by atoms with van der Waals surface area (Å²) in [5.41, 5.74) is -5.92. The molecule has 0 rings (SSSR count). The van der Waals surface area contributed by atoms with Gasteiger partial charge in [-0.25, -0.2) is 0 Å². The molecule has 0 saturated heterocycles. The Morgan fingerprint density at radius 1 is 1.09 bits per heavy atom. The summed E-state index contributed by atoms with van der Waals surface area (Å²) in [5.74, 6) is -0.479. The van der Waals surface area contributed by atoms with Crippen molar-refractivity contribution in [2.24, 2.45) is 5.41 Å². The van der Waals surface area contributed by atoms with E-state index in [0.29, 0.717) is 6.42 Å². The average Bonchev–Trinajstić information content (AvgIpc) is 2.30. The average molecular weight is 379 g/mol. The van der Waals surface area contributed by atoms with Crippen molar-refractivity contribution in [3.63, 3.8) is 0 Å². The van der Waals surface area contributed by atoms with Crippen LogP contribution in [0.2, 0.25) is 0 Å². The number of halogens is 3. The fourth-order valence-corrected chi connectivity index (χ4v) is 5.03. The van der Waals surface area contributed by atoms with Gasteiger partial charge in [-0.3, -0.25) is 4.79 Å². The van der Waals surface area contributed by atoms with Crippen LogP contribution in [-0.4, -0.2) is 31.2 Å². The zero-order valence-corrected chi connectivity index (χ0v) is 15.7. The van der Waals surface area contributed by atoms with Crippen LogP contribution in [0.4, 0.5) is 13.2 Å². The quantitative estimate of drug-likeness (QED) is 0.327. The lowest BCUT2D eigenvalue weighted by Crippen LogP contribution is -2.35. The molecule has 0 saturated carbocycles. The molecule has 0 aliphatic rings. The van der Waals surface area contributed by atoms with Crippen LogP contribution < -0.4 is 0 Å². The molecule has 1 atom stereocenters. The third kappa shape index (κ3) is 10.2. The minimum atomic E-state index is -5.68. The minimum Gasteiger partial charge on any atom is -0.294 e. The van der Waals surface area contributed by atoms with Crippen molar-refractivity contribution in [2.75, 3.05) is 11.5 Å². The molecule has 23 heavy (non-hydrogen) atoms. The molecule has 0 fully saturated rings. The first-order chi connectivity index (χ1) is 10.3. The van der Waals surface area contributed by atoms with Gasteiger partial charge in [0.25, 0.3) is 0 Å². The Bertz CT molecular complexity index is 467. The van der Waals surface area contributed by atoms with Gasteiger partial charge in [0.15, 0.2) is 17.0 Å². The van der Waals surface area contributed by atoms with Crippen LogP contribution in [0, 0.1) is 5.41 Å². The summed E-state index contributed by atoms with van der Waals surface area (Å²) >= 11 is -1.60. The SMILES string of the molecule is CCCCCCC(=O)C[S+](CC(C)(C)C)OS(=O)(=O)C(F)(F)F. The molecule has 138 valence electrons. The van der Waals surface area contributed by atoms with Gasteiger partial charge in [-0.2, -0.15) is 21.6 Å². The van der Waals surface area contributed by atoms with E-state index in [2.05, 4.69) is 3.63 Å². The number of carbonyl (C=O) groups is 1. The fraction of sp³-hybridized carbons (Fsp3) is 0.929. The third-order valence-corrected chi connectivity index (χ3v) is 6.58. The number of carbonyl (C=O) groups excluding carboxylic acids is 1. The second-order valence-corrected chi connectivity index (χ2v) is 9.98. The van der Waals surface area contributed by atoms with Gasteiger partial charge in [0.05, 0.1) is 0 Å². The van der Waals surface area contributed by atoms with E-state index in [4.69, 9.17) is 0 Å². The van der Waals surface area contributed by atoms with Crippen molar-refractivity contribution in [1.29, 1.82) is 0 Å². The molecule has 0 bridgehead atoms.